The third kappa shape index (κ3) is 4.23. The van der Waals surface area contributed by atoms with Crippen LogP contribution in [0, 0.1) is 11.3 Å². The van der Waals surface area contributed by atoms with Gasteiger partial charge in [-0.05, 0) is 48.3 Å². The summed E-state index contributed by atoms with van der Waals surface area (Å²) in [6.45, 7) is 11.6. The van der Waals surface area contributed by atoms with Crippen molar-refractivity contribution < 1.29 is 0 Å². The molecule has 2 rings (SSSR count). The number of nitrogens with zero attached hydrogens (tertiary/aromatic N) is 1. The van der Waals surface area contributed by atoms with Crippen molar-refractivity contribution >= 4 is 21.6 Å². The first-order chi connectivity index (χ1) is 9.81. The van der Waals surface area contributed by atoms with Crippen molar-refractivity contribution in [1.82, 2.24) is 0 Å². The van der Waals surface area contributed by atoms with Gasteiger partial charge in [-0.1, -0.05) is 49.7 Å². The summed E-state index contributed by atoms with van der Waals surface area (Å²) >= 11 is 3.62. The highest BCUT2D eigenvalue weighted by atomic mass is 79.9. The fourth-order valence-corrected chi connectivity index (χ4v) is 3.47. The molecule has 0 spiro atoms. The van der Waals surface area contributed by atoms with E-state index in [1.54, 1.807) is 0 Å². The Kier molecular flexibility index (Phi) is 5.37. The first-order valence-electron chi connectivity index (χ1n) is 8.10. The Hall–Kier alpha value is -0.540. The maximum atomic E-state index is 6.18. The minimum atomic E-state index is 0.256. The van der Waals surface area contributed by atoms with Crippen LogP contribution in [0.1, 0.15) is 46.1 Å². The molecule has 2 nitrogen and oxygen atoms in total. The van der Waals surface area contributed by atoms with E-state index in [2.05, 4.69) is 66.7 Å². The Morgan fingerprint density at radius 3 is 2.67 bits per heavy atom. The Morgan fingerprint density at radius 2 is 2.10 bits per heavy atom. The topological polar surface area (TPSA) is 29.3 Å². The smallest absolute Gasteiger partial charge is 0.0410 e. The second-order valence-electron chi connectivity index (χ2n) is 7.44. The summed E-state index contributed by atoms with van der Waals surface area (Å²) in [6.07, 6.45) is 3.28. The fraction of sp³-hybridized carbons (Fsp3) is 0.667. The van der Waals surface area contributed by atoms with Crippen molar-refractivity contribution in [2.24, 2.45) is 17.1 Å². The lowest BCUT2D eigenvalue weighted by molar-refractivity contribution is 0.263. The van der Waals surface area contributed by atoms with Crippen molar-refractivity contribution in [1.29, 1.82) is 0 Å². The van der Waals surface area contributed by atoms with Gasteiger partial charge in [0.1, 0.15) is 0 Å². The van der Waals surface area contributed by atoms with E-state index in [0.717, 1.165) is 36.3 Å². The van der Waals surface area contributed by atoms with Gasteiger partial charge in [-0.15, -0.1) is 0 Å². The second kappa shape index (κ2) is 6.70. The molecule has 118 valence electrons. The van der Waals surface area contributed by atoms with Crippen molar-refractivity contribution in [2.45, 2.75) is 53.0 Å². The van der Waals surface area contributed by atoms with Crippen molar-refractivity contribution in [2.75, 3.05) is 18.0 Å². The molecular formula is C18H29BrN2. The van der Waals surface area contributed by atoms with E-state index >= 15 is 0 Å². The van der Waals surface area contributed by atoms with Gasteiger partial charge in [0.15, 0.2) is 0 Å². The molecule has 3 heteroatoms. The largest absolute Gasteiger partial charge is 0.371 e. The molecule has 1 aliphatic rings. The monoisotopic (exact) mass is 352 g/mol. The number of hydrogen-bond donors (Lipinski definition) is 1. The summed E-state index contributed by atoms with van der Waals surface area (Å²) in [5.41, 5.74) is 9.33. The van der Waals surface area contributed by atoms with Gasteiger partial charge in [-0.2, -0.15) is 0 Å². The molecule has 1 saturated heterocycles. The molecule has 1 aromatic rings. The molecule has 0 aliphatic carbocycles. The zero-order valence-electron chi connectivity index (χ0n) is 13.8. The fourth-order valence-electron chi connectivity index (χ4n) is 3.12. The van der Waals surface area contributed by atoms with Gasteiger partial charge >= 0.3 is 0 Å². The molecule has 2 N–H and O–H groups in total. The predicted molar refractivity (Wildman–Crippen MR) is 95.9 cm³/mol. The van der Waals surface area contributed by atoms with Crippen LogP contribution in [0.5, 0.6) is 0 Å². The highest BCUT2D eigenvalue weighted by molar-refractivity contribution is 9.10. The molecule has 0 radical (unpaired) electrons. The van der Waals surface area contributed by atoms with Gasteiger partial charge in [-0.25, -0.2) is 0 Å². The van der Waals surface area contributed by atoms with Crippen LogP contribution in [0.25, 0.3) is 0 Å². The SMILES string of the molecule is CCC(N)Cc1ccc(Br)cc1N1CCC(C(C)(C)C)C1. The Morgan fingerprint density at radius 1 is 1.38 bits per heavy atom. The van der Waals surface area contributed by atoms with E-state index in [4.69, 9.17) is 5.73 Å². The van der Waals surface area contributed by atoms with Crippen LogP contribution in [-0.2, 0) is 6.42 Å². The number of anilines is 1. The number of hydrogen-bond acceptors (Lipinski definition) is 2. The highest BCUT2D eigenvalue weighted by Gasteiger charge is 2.32. The summed E-state index contributed by atoms with van der Waals surface area (Å²) in [7, 11) is 0. The van der Waals surface area contributed by atoms with Crippen LogP contribution in [0.15, 0.2) is 22.7 Å². The van der Waals surface area contributed by atoms with E-state index in [0.29, 0.717) is 5.41 Å². The molecule has 0 saturated carbocycles. The lowest BCUT2D eigenvalue weighted by Crippen LogP contribution is -2.28. The molecule has 2 atom stereocenters. The van der Waals surface area contributed by atoms with Crippen LogP contribution < -0.4 is 10.6 Å². The van der Waals surface area contributed by atoms with Gasteiger partial charge in [0.05, 0.1) is 0 Å². The minimum absolute atomic E-state index is 0.256. The molecule has 21 heavy (non-hydrogen) atoms. The van der Waals surface area contributed by atoms with Crippen LogP contribution in [0.4, 0.5) is 5.69 Å². The third-order valence-electron chi connectivity index (χ3n) is 4.81. The summed E-state index contributed by atoms with van der Waals surface area (Å²) in [6, 6.07) is 6.90. The van der Waals surface area contributed by atoms with Gasteiger partial charge in [0.2, 0.25) is 0 Å². The standard InChI is InChI=1S/C18H29BrN2/c1-5-16(20)10-13-6-7-15(19)11-17(13)21-9-8-14(12-21)18(2,3)4/h6-7,11,14,16H,5,8-10,12,20H2,1-4H3. The highest BCUT2D eigenvalue weighted by Crippen LogP contribution is 2.37. The van der Waals surface area contributed by atoms with Gasteiger partial charge < -0.3 is 10.6 Å². The molecule has 2 unspecified atom stereocenters. The first-order valence-corrected chi connectivity index (χ1v) is 8.89. The summed E-state index contributed by atoms with van der Waals surface area (Å²) in [5, 5.41) is 0. The van der Waals surface area contributed by atoms with E-state index in [9.17, 15) is 0 Å². The molecule has 1 aliphatic heterocycles. The molecule has 1 fully saturated rings. The molecule has 0 bridgehead atoms. The van der Waals surface area contributed by atoms with Crippen molar-refractivity contribution in [3.63, 3.8) is 0 Å². The van der Waals surface area contributed by atoms with E-state index in [-0.39, 0.29) is 6.04 Å². The van der Waals surface area contributed by atoms with E-state index in [1.807, 2.05) is 0 Å². The third-order valence-corrected chi connectivity index (χ3v) is 5.30. The normalized spacial score (nSPS) is 20.9. The van der Waals surface area contributed by atoms with Gasteiger partial charge in [0.25, 0.3) is 0 Å². The Labute approximate surface area is 138 Å². The van der Waals surface area contributed by atoms with Crippen molar-refractivity contribution in [3.8, 4) is 0 Å². The predicted octanol–water partition coefficient (Wildman–Crippen LogP) is 4.60. The van der Waals surface area contributed by atoms with Crippen LogP contribution in [0.2, 0.25) is 0 Å². The molecule has 0 aromatic heterocycles. The number of rotatable bonds is 4. The molecule has 1 heterocycles. The average Bonchev–Trinajstić information content (AvgIpc) is 2.90. The number of nitrogens with two attached hydrogens (primary N) is 1. The van der Waals surface area contributed by atoms with Crippen LogP contribution in [-0.4, -0.2) is 19.1 Å². The lowest BCUT2D eigenvalue weighted by Gasteiger charge is -2.28. The molecule has 1 aromatic carbocycles. The number of benzene rings is 1. The molecular weight excluding hydrogens is 324 g/mol. The summed E-state index contributed by atoms with van der Waals surface area (Å²) in [4.78, 5) is 2.55. The zero-order chi connectivity index (χ0) is 15.6. The lowest BCUT2D eigenvalue weighted by atomic mass is 9.80. The number of halogens is 1. The van der Waals surface area contributed by atoms with E-state index < -0.39 is 0 Å². The maximum Gasteiger partial charge on any atom is 0.0410 e. The van der Waals surface area contributed by atoms with Crippen LogP contribution in [0.3, 0.4) is 0 Å². The second-order valence-corrected chi connectivity index (χ2v) is 8.36. The Balaban J connectivity index is 2.21. The van der Waals surface area contributed by atoms with E-state index in [1.165, 1.54) is 17.7 Å². The van der Waals surface area contributed by atoms with Gasteiger partial charge in [-0.3, -0.25) is 0 Å². The minimum Gasteiger partial charge on any atom is -0.371 e. The van der Waals surface area contributed by atoms with Crippen LogP contribution >= 0.6 is 15.9 Å². The summed E-state index contributed by atoms with van der Waals surface area (Å²) in [5.74, 6) is 0.768. The maximum absolute atomic E-state index is 6.18. The summed E-state index contributed by atoms with van der Waals surface area (Å²) < 4.78 is 1.16. The first kappa shape index (κ1) is 16.8. The zero-order valence-corrected chi connectivity index (χ0v) is 15.4. The molecule has 0 amide bonds. The van der Waals surface area contributed by atoms with Crippen molar-refractivity contribution in [3.05, 3.63) is 28.2 Å². The quantitative estimate of drug-likeness (QED) is 0.857. The average molecular weight is 353 g/mol. The van der Waals surface area contributed by atoms with Gasteiger partial charge in [0, 0.05) is 29.3 Å². The Bertz CT molecular complexity index is 479.